The smallest absolute Gasteiger partial charge is 0.321 e. The lowest BCUT2D eigenvalue weighted by atomic mass is 9.96. The lowest BCUT2D eigenvalue weighted by Gasteiger charge is -2.31. The van der Waals surface area contributed by atoms with E-state index in [1.807, 2.05) is 24.6 Å². The van der Waals surface area contributed by atoms with Crippen LogP contribution in [0.25, 0.3) is 11.0 Å². The lowest BCUT2D eigenvalue weighted by molar-refractivity contribution is -0.121. The molecule has 3 aromatic rings. The van der Waals surface area contributed by atoms with Crippen LogP contribution >= 0.6 is 0 Å². The molecule has 1 saturated heterocycles. The molecule has 1 aliphatic rings. The third kappa shape index (κ3) is 4.22. The van der Waals surface area contributed by atoms with Gasteiger partial charge in [0.1, 0.15) is 0 Å². The Hall–Kier alpha value is -3.56. The van der Waals surface area contributed by atoms with E-state index >= 15 is 0 Å². The van der Waals surface area contributed by atoms with Gasteiger partial charge in [-0.05, 0) is 32.8 Å². The Morgan fingerprint density at radius 2 is 1.87 bits per heavy atom. The topological polar surface area (TPSA) is 118 Å². The number of carbonyl (C=O) groups excluding carboxylic acids is 2. The van der Waals surface area contributed by atoms with Crippen molar-refractivity contribution < 1.29 is 9.59 Å². The highest BCUT2D eigenvalue weighted by atomic mass is 16.2. The maximum Gasteiger partial charge on any atom is 0.321 e. The molecule has 2 N–H and O–H groups in total. The van der Waals surface area contributed by atoms with Gasteiger partial charge >= 0.3 is 6.03 Å². The van der Waals surface area contributed by atoms with E-state index in [4.69, 9.17) is 0 Å². The minimum atomic E-state index is -0.194. The number of hydrogen-bond acceptors (Lipinski definition) is 6. The number of pyridine rings is 1. The molecule has 0 aromatic carbocycles. The van der Waals surface area contributed by atoms with Gasteiger partial charge in [0.2, 0.25) is 5.91 Å². The van der Waals surface area contributed by atoms with E-state index in [-0.39, 0.29) is 23.9 Å². The third-order valence-corrected chi connectivity index (χ3v) is 5.14. The van der Waals surface area contributed by atoms with E-state index in [0.29, 0.717) is 37.4 Å². The minimum Gasteiger partial charge on any atom is -0.324 e. The van der Waals surface area contributed by atoms with Crippen molar-refractivity contribution in [3.8, 4) is 0 Å². The van der Waals surface area contributed by atoms with Gasteiger partial charge in [-0.25, -0.2) is 19.4 Å². The quantitative estimate of drug-likeness (QED) is 0.685. The zero-order valence-electron chi connectivity index (χ0n) is 16.9. The van der Waals surface area contributed by atoms with Gasteiger partial charge in [0, 0.05) is 42.8 Å². The van der Waals surface area contributed by atoms with Crippen LogP contribution in [0.3, 0.4) is 0 Å². The molecule has 156 valence electrons. The molecule has 30 heavy (non-hydrogen) atoms. The van der Waals surface area contributed by atoms with Gasteiger partial charge in [-0.15, -0.1) is 0 Å². The lowest BCUT2D eigenvalue weighted by Crippen LogP contribution is -2.43. The summed E-state index contributed by atoms with van der Waals surface area (Å²) in [5, 5.41) is 10.9. The van der Waals surface area contributed by atoms with Crippen LogP contribution in [0, 0.1) is 5.92 Å². The first-order valence-electron chi connectivity index (χ1n) is 9.97. The number of nitrogens with zero attached hydrogens (tertiary/aromatic N) is 6. The Balaban J connectivity index is 1.32. The van der Waals surface area contributed by atoms with E-state index in [2.05, 4.69) is 30.7 Å². The number of amides is 3. The molecule has 4 heterocycles. The fourth-order valence-corrected chi connectivity index (χ4v) is 3.53. The molecular weight excluding hydrogens is 384 g/mol. The van der Waals surface area contributed by atoms with Crippen molar-refractivity contribution in [3.63, 3.8) is 0 Å². The van der Waals surface area contributed by atoms with E-state index in [1.54, 1.807) is 23.5 Å². The van der Waals surface area contributed by atoms with E-state index in [1.165, 1.54) is 12.4 Å². The normalized spacial score (nSPS) is 14.8. The molecule has 1 aliphatic heterocycles. The van der Waals surface area contributed by atoms with Crippen molar-refractivity contribution >= 4 is 34.5 Å². The number of fused-ring (bicyclic) bond motifs is 1. The predicted octanol–water partition coefficient (Wildman–Crippen LogP) is 2.68. The van der Waals surface area contributed by atoms with Gasteiger partial charge in [0.05, 0.1) is 24.3 Å². The highest BCUT2D eigenvalue weighted by Gasteiger charge is 2.27. The minimum absolute atomic E-state index is 0.0904. The molecule has 10 heteroatoms. The molecule has 0 unspecified atom stereocenters. The summed E-state index contributed by atoms with van der Waals surface area (Å²) in [5.74, 6) is 0.190. The standard InChI is InChI=1S/C20H24N8O2/c1-13(2)28-18-15(10-24-28)9-16(11-23-18)25-20(30)27-7-3-14(4-8-27)19(29)26-17-12-21-5-6-22-17/h5-6,9-14H,3-4,7-8H2,1-2H3,(H,25,30)(H,22,26,29). The Morgan fingerprint density at radius 3 is 2.57 bits per heavy atom. The average Bonchev–Trinajstić information content (AvgIpc) is 3.18. The van der Waals surface area contributed by atoms with Crippen molar-refractivity contribution in [1.82, 2.24) is 29.6 Å². The van der Waals surface area contributed by atoms with Crippen LogP contribution in [0.4, 0.5) is 16.3 Å². The summed E-state index contributed by atoms with van der Waals surface area (Å²) in [6.07, 6.45) is 9.17. The van der Waals surface area contributed by atoms with Crippen molar-refractivity contribution in [2.45, 2.75) is 32.7 Å². The van der Waals surface area contributed by atoms with Crippen molar-refractivity contribution in [2.24, 2.45) is 5.92 Å². The average molecular weight is 408 g/mol. The maximum absolute atomic E-state index is 12.6. The van der Waals surface area contributed by atoms with Gasteiger partial charge in [-0.3, -0.25) is 9.78 Å². The fraction of sp³-hybridized carbons (Fsp3) is 0.400. The van der Waals surface area contributed by atoms with E-state index < -0.39 is 0 Å². The molecule has 0 spiro atoms. The molecule has 3 aromatic heterocycles. The van der Waals surface area contributed by atoms with Crippen LogP contribution in [0.15, 0.2) is 37.1 Å². The zero-order valence-corrected chi connectivity index (χ0v) is 16.9. The largest absolute Gasteiger partial charge is 0.324 e. The number of hydrogen-bond donors (Lipinski definition) is 2. The van der Waals surface area contributed by atoms with Crippen LogP contribution in [0.1, 0.15) is 32.7 Å². The number of nitrogens with one attached hydrogen (secondary N) is 2. The highest BCUT2D eigenvalue weighted by molar-refractivity contribution is 5.93. The molecule has 0 saturated carbocycles. The van der Waals surface area contributed by atoms with Gasteiger partial charge in [-0.1, -0.05) is 0 Å². The molecule has 0 aliphatic carbocycles. The van der Waals surface area contributed by atoms with Crippen LogP contribution < -0.4 is 10.6 Å². The van der Waals surface area contributed by atoms with Crippen LogP contribution in [0.2, 0.25) is 0 Å². The monoisotopic (exact) mass is 408 g/mol. The zero-order chi connectivity index (χ0) is 21.1. The molecule has 0 atom stereocenters. The van der Waals surface area contributed by atoms with Crippen LogP contribution in [0.5, 0.6) is 0 Å². The first-order valence-corrected chi connectivity index (χ1v) is 9.97. The molecular formula is C20H24N8O2. The number of aromatic nitrogens is 5. The number of piperidine rings is 1. The predicted molar refractivity (Wildman–Crippen MR) is 112 cm³/mol. The molecule has 0 bridgehead atoms. The van der Waals surface area contributed by atoms with Gasteiger partial charge in [0.15, 0.2) is 11.5 Å². The first-order chi connectivity index (χ1) is 14.5. The third-order valence-electron chi connectivity index (χ3n) is 5.14. The summed E-state index contributed by atoms with van der Waals surface area (Å²) in [5.41, 5.74) is 1.41. The molecule has 3 amide bonds. The summed E-state index contributed by atoms with van der Waals surface area (Å²) in [6.45, 7) is 5.10. The Bertz CT molecular complexity index is 1040. The summed E-state index contributed by atoms with van der Waals surface area (Å²) in [4.78, 5) is 39.2. The second kappa shape index (κ2) is 8.44. The molecule has 1 fully saturated rings. The summed E-state index contributed by atoms with van der Waals surface area (Å²) < 4.78 is 1.85. The Kier molecular flexibility index (Phi) is 5.55. The highest BCUT2D eigenvalue weighted by Crippen LogP contribution is 2.22. The number of likely N-dealkylation sites (tertiary alicyclic amines) is 1. The second-order valence-electron chi connectivity index (χ2n) is 7.59. The first kappa shape index (κ1) is 19.7. The molecule has 0 radical (unpaired) electrons. The van der Waals surface area contributed by atoms with Gasteiger partial charge in [-0.2, -0.15) is 5.10 Å². The van der Waals surface area contributed by atoms with Crippen LogP contribution in [-0.4, -0.2) is 54.7 Å². The number of urea groups is 1. The summed E-state index contributed by atoms with van der Waals surface area (Å²) in [6, 6.07) is 1.88. The fourth-order valence-electron chi connectivity index (χ4n) is 3.53. The SMILES string of the molecule is CC(C)n1ncc2cc(NC(=O)N3CCC(C(=O)Nc4cnccn4)CC3)cnc21. The molecule has 10 nitrogen and oxygen atoms in total. The maximum atomic E-state index is 12.6. The summed E-state index contributed by atoms with van der Waals surface area (Å²) >= 11 is 0. The summed E-state index contributed by atoms with van der Waals surface area (Å²) in [7, 11) is 0. The van der Waals surface area contributed by atoms with Gasteiger partial charge < -0.3 is 15.5 Å². The number of rotatable bonds is 4. The van der Waals surface area contributed by atoms with Crippen molar-refractivity contribution in [1.29, 1.82) is 0 Å². The van der Waals surface area contributed by atoms with Gasteiger partial charge in [0.25, 0.3) is 0 Å². The van der Waals surface area contributed by atoms with Crippen molar-refractivity contribution in [2.75, 3.05) is 23.7 Å². The van der Waals surface area contributed by atoms with E-state index in [0.717, 1.165) is 11.0 Å². The second-order valence-corrected chi connectivity index (χ2v) is 7.59. The van der Waals surface area contributed by atoms with Crippen LogP contribution in [-0.2, 0) is 4.79 Å². The Morgan fingerprint density at radius 1 is 1.07 bits per heavy atom. The Labute approximate surface area is 173 Å². The number of carbonyl (C=O) groups is 2. The number of anilines is 2. The molecule has 4 rings (SSSR count). The van der Waals surface area contributed by atoms with Crippen molar-refractivity contribution in [3.05, 3.63) is 37.1 Å². The van der Waals surface area contributed by atoms with E-state index in [9.17, 15) is 9.59 Å².